The molecule has 4 rings (SSSR count). The van der Waals surface area contributed by atoms with Gasteiger partial charge < -0.3 is 4.84 Å². The van der Waals surface area contributed by atoms with Crippen molar-refractivity contribution in [1.29, 1.82) is 0 Å². The van der Waals surface area contributed by atoms with Crippen LogP contribution in [0.5, 0.6) is 5.75 Å². The van der Waals surface area contributed by atoms with E-state index in [1.165, 1.54) is 93.7 Å². The Balaban J connectivity index is 1.68. The lowest BCUT2D eigenvalue weighted by atomic mass is 9.70. The second-order valence-corrected chi connectivity index (χ2v) is 12.0. The number of nitrogens with one attached hydrogen (secondary N) is 1. The topological polar surface area (TPSA) is 21.3 Å². The Kier molecular flexibility index (Phi) is 7.70. The van der Waals surface area contributed by atoms with Crippen molar-refractivity contribution in [3.63, 3.8) is 0 Å². The summed E-state index contributed by atoms with van der Waals surface area (Å²) in [7, 11) is 0. The van der Waals surface area contributed by atoms with E-state index in [1.807, 2.05) is 0 Å². The van der Waals surface area contributed by atoms with Gasteiger partial charge in [-0.05, 0) is 66.9 Å². The number of hydrogen-bond donors (Lipinski definition) is 1. The average Bonchev–Trinajstić information content (AvgIpc) is 3.49. The van der Waals surface area contributed by atoms with Crippen LogP contribution < -0.4 is 10.3 Å². The van der Waals surface area contributed by atoms with E-state index in [4.69, 9.17) is 4.84 Å². The first-order valence-corrected chi connectivity index (χ1v) is 13.6. The second kappa shape index (κ2) is 10.3. The first-order chi connectivity index (χ1) is 15.5. The van der Waals surface area contributed by atoms with Crippen LogP contribution in [-0.2, 0) is 18.3 Å². The van der Waals surface area contributed by atoms with Gasteiger partial charge in [0.25, 0.3) is 0 Å². The summed E-state index contributed by atoms with van der Waals surface area (Å²) in [6, 6.07) is 4.88. The van der Waals surface area contributed by atoms with Gasteiger partial charge >= 0.3 is 0 Å². The molecule has 3 atom stereocenters. The molecule has 2 nitrogen and oxygen atoms in total. The molecule has 3 unspecified atom stereocenters. The molecule has 178 valence electrons. The lowest BCUT2D eigenvalue weighted by Crippen LogP contribution is -2.45. The van der Waals surface area contributed by atoms with Crippen LogP contribution in [0.2, 0.25) is 0 Å². The van der Waals surface area contributed by atoms with E-state index in [2.05, 4.69) is 51.0 Å². The molecule has 0 saturated heterocycles. The summed E-state index contributed by atoms with van der Waals surface area (Å²) in [5, 5.41) is 0. The highest BCUT2D eigenvalue weighted by atomic mass is 16.6. The minimum atomic E-state index is 0.203. The first kappa shape index (κ1) is 23.9. The quantitative estimate of drug-likeness (QED) is 0.483. The maximum atomic E-state index is 6.24. The molecule has 1 aliphatic heterocycles. The molecule has 1 heterocycles. The molecule has 1 aromatic rings. The van der Waals surface area contributed by atoms with Crippen LogP contribution in [0.4, 0.5) is 0 Å². The molecular weight excluding hydrogens is 390 g/mol. The third kappa shape index (κ3) is 5.61. The summed E-state index contributed by atoms with van der Waals surface area (Å²) in [6.07, 6.45) is 20.7. The summed E-state index contributed by atoms with van der Waals surface area (Å²) >= 11 is 0. The lowest BCUT2D eigenvalue weighted by Gasteiger charge is -2.40. The zero-order valence-corrected chi connectivity index (χ0v) is 21.1. The molecule has 1 aromatic carbocycles. The van der Waals surface area contributed by atoms with Gasteiger partial charge in [-0.1, -0.05) is 90.3 Å². The third-order valence-electron chi connectivity index (χ3n) is 8.76. The van der Waals surface area contributed by atoms with E-state index < -0.39 is 0 Å². The molecular formula is C30H47NO. The van der Waals surface area contributed by atoms with Crippen molar-refractivity contribution < 1.29 is 4.84 Å². The predicted molar refractivity (Wildman–Crippen MR) is 136 cm³/mol. The normalized spacial score (nSPS) is 30.8. The molecule has 1 fully saturated rings. The highest BCUT2D eigenvalue weighted by Crippen LogP contribution is 2.53. The van der Waals surface area contributed by atoms with Crippen molar-refractivity contribution in [1.82, 2.24) is 5.48 Å². The third-order valence-corrected chi connectivity index (χ3v) is 8.76. The number of hydrogen-bond acceptors (Lipinski definition) is 2. The summed E-state index contributed by atoms with van der Waals surface area (Å²) in [5.41, 5.74) is 8.19. The summed E-state index contributed by atoms with van der Waals surface area (Å²) in [6.45, 7) is 12.3. The van der Waals surface area contributed by atoms with Gasteiger partial charge in [0.2, 0.25) is 0 Å². The Morgan fingerprint density at radius 1 is 1.06 bits per heavy atom. The van der Waals surface area contributed by atoms with Crippen LogP contribution in [0.15, 0.2) is 24.8 Å². The van der Waals surface area contributed by atoms with Gasteiger partial charge in [-0.15, -0.1) is 6.58 Å². The standard InChI is InChI=1S/C30H47NO/c1-5-14-23-17-26-20-29(3,4)16-13-11-9-7-8-10-12-15-24-19-25(24)21-30(6-2)22-31-32-28(26)27(30)18-23/h5,17-18,24-25,31H,1,6-16,19-22H2,2-4H3. The lowest BCUT2D eigenvalue weighted by molar-refractivity contribution is 0.118. The fourth-order valence-electron chi connectivity index (χ4n) is 6.58. The Labute approximate surface area is 197 Å². The predicted octanol–water partition coefficient (Wildman–Crippen LogP) is 8.08. The maximum absolute atomic E-state index is 6.24. The van der Waals surface area contributed by atoms with E-state index in [0.29, 0.717) is 5.41 Å². The molecule has 1 N–H and O–H groups in total. The molecule has 2 heteroatoms. The highest BCUT2D eigenvalue weighted by molar-refractivity contribution is 5.51. The fraction of sp³-hybridized carbons (Fsp3) is 0.733. The maximum Gasteiger partial charge on any atom is 0.154 e. The van der Waals surface area contributed by atoms with Crippen LogP contribution in [0, 0.1) is 17.3 Å². The minimum absolute atomic E-state index is 0.203. The van der Waals surface area contributed by atoms with E-state index in [0.717, 1.165) is 37.0 Å². The number of hydroxylamine groups is 1. The highest BCUT2D eigenvalue weighted by Gasteiger charge is 2.46. The largest absolute Gasteiger partial charge is 0.408 e. The van der Waals surface area contributed by atoms with Gasteiger partial charge in [-0.25, -0.2) is 0 Å². The number of benzene rings is 1. The SMILES string of the molecule is C=CCc1cc2c3c(c1)C(CC)(CNO3)CC1CC1CCCCCCCCCC(C)(C)C2. The van der Waals surface area contributed by atoms with E-state index in [9.17, 15) is 0 Å². The van der Waals surface area contributed by atoms with Gasteiger partial charge in [0, 0.05) is 17.5 Å². The van der Waals surface area contributed by atoms with Gasteiger partial charge in [0.1, 0.15) is 0 Å². The van der Waals surface area contributed by atoms with Crippen molar-refractivity contribution in [3.8, 4) is 5.75 Å². The van der Waals surface area contributed by atoms with E-state index >= 15 is 0 Å². The summed E-state index contributed by atoms with van der Waals surface area (Å²) < 4.78 is 0. The second-order valence-electron chi connectivity index (χ2n) is 12.0. The Bertz CT molecular complexity index is 781. The van der Waals surface area contributed by atoms with Crippen molar-refractivity contribution in [3.05, 3.63) is 41.5 Å². The zero-order valence-electron chi connectivity index (χ0n) is 21.1. The van der Waals surface area contributed by atoms with Gasteiger partial charge in [-0.2, -0.15) is 5.48 Å². The minimum Gasteiger partial charge on any atom is -0.408 e. The van der Waals surface area contributed by atoms with Crippen molar-refractivity contribution in [2.24, 2.45) is 17.3 Å². The Morgan fingerprint density at radius 2 is 1.81 bits per heavy atom. The van der Waals surface area contributed by atoms with Crippen molar-refractivity contribution >= 4 is 0 Å². The van der Waals surface area contributed by atoms with Crippen LogP contribution in [0.25, 0.3) is 0 Å². The van der Waals surface area contributed by atoms with Crippen LogP contribution in [0.1, 0.15) is 115 Å². The van der Waals surface area contributed by atoms with Crippen LogP contribution in [-0.4, -0.2) is 6.54 Å². The number of allylic oxidation sites excluding steroid dienone is 1. The van der Waals surface area contributed by atoms with Gasteiger partial charge in [-0.3, -0.25) is 0 Å². The number of fused-ring (bicyclic) bond motifs is 1. The molecule has 3 aliphatic rings. The molecule has 1 saturated carbocycles. The number of rotatable bonds is 3. The molecule has 4 bridgehead atoms. The zero-order chi connectivity index (χ0) is 22.6. The summed E-state index contributed by atoms with van der Waals surface area (Å²) in [4.78, 5) is 6.24. The van der Waals surface area contributed by atoms with Gasteiger partial charge in [0.15, 0.2) is 5.75 Å². The van der Waals surface area contributed by atoms with Crippen LogP contribution >= 0.6 is 0 Å². The molecule has 0 spiro atoms. The van der Waals surface area contributed by atoms with Crippen LogP contribution in [0.3, 0.4) is 0 Å². The van der Waals surface area contributed by atoms with Crippen molar-refractivity contribution in [2.75, 3.05) is 6.54 Å². The summed E-state index contributed by atoms with van der Waals surface area (Å²) in [5.74, 6) is 3.03. The molecule has 0 radical (unpaired) electrons. The Morgan fingerprint density at radius 3 is 2.56 bits per heavy atom. The molecule has 32 heavy (non-hydrogen) atoms. The van der Waals surface area contributed by atoms with E-state index in [1.54, 1.807) is 0 Å². The van der Waals surface area contributed by atoms with Crippen molar-refractivity contribution in [2.45, 2.75) is 116 Å². The molecule has 0 aromatic heterocycles. The molecule has 2 aliphatic carbocycles. The fourth-order valence-corrected chi connectivity index (χ4v) is 6.58. The van der Waals surface area contributed by atoms with E-state index in [-0.39, 0.29) is 5.41 Å². The first-order valence-electron chi connectivity index (χ1n) is 13.6. The molecule has 0 amide bonds. The average molecular weight is 438 g/mol. The monoisotopic (exact) mass is 437 g/mol. The smallest absolute Gasteiger partial charge is 0.154 e. The van der Waals surface area contributed by atoms with Gasteiger partial charge in [0.05, 0.1) is 0 Å². The Hall–Kier alpha value is -1.28.